The van der Waals surface area contributed by atoms with E-state index in [4.69, 9.17) is 0 Å². The van der Waals surface area contributed by atoms with E-state index in [1.165, 1.54) is 19.3 Å². The van der Waals surface area contributed by atoms with Crippen LogP contribution in [0.25, 0.3) is 0 Å². The Bertz CT molecular complexity index is 49.4. The summed E-state index contributed by atoms with van der Waals surface area (Å²) in [5.74, 6) is 0. The van der Waals surface area contributed by atoms with Gasteiger partial charge in [0.2, 0.25) is 0 Å². The molecule has 0 aromatic carbocycles. The molecular weight excluding hydrogens is 164 g/mol. The maximum atomic E-state index is 3.35. The standard InChI is InChI=1S/C7H13Br/c1-2-3-4-5-6-7-8/h4-5H,2-3,6-7H2,1H3. The maximum Gasteiger partial charge on any atom is 0.00659 e. The van der Waals surface area contributed by atoms with Crippen molar-refractivity contribution in [3.8, 4) is 0 Å². The van der Waals surface area contributed by atoms with Crippen molar-refractivity contribution in [2.24, 2.45) is 0 Å². The molecule has 0 radical (unpaired) electrons. The first-order valence-electron chi connectivity index (χ1n) is 3.12. The SMILES string of the molecule is CCCC=CCCBr. The summed E-state index contributed by atoms with van der Waals surface area (Å²) in [5.41, 5.74) is 0. The van der Waals surface area contributed by atoms with Crippen LogP contribution in [0, 0.1) is 0 Å². The molecule has 1 heteroatoms. The minimum absolute atomic E-state index is 1.09. The molecule has 8 heavy (non-hydrogen) atoms. The molecule has 48 valence electrons. The Morgan fingerprint density at radius 1 is 1.25 bits per heavy atom. The minimum atomic E-state index is 1.09. The van der Waals surface area contributed by atoms with Gasteiger partial charge in [0.05, 0.1) is 0 Å². The second-order valence-corrected chi connectivity index (χ2v) is 2.53. The van der Waals surface area contributed by atoms with Crippen molar-refractivity contribution in [2.75, 3.05) is 5.33 Å². The Hall–Kier alpha value is 0.220. The summed E-state index contributed by atoms with van der Waals surface area (Å²) in [7, 11) is 0. The van der Waals surface area contributed by atoms with Gasteiger partial charge in [-0.2, -0.15) is 0 Å². The van der Waals surface area contributed by atoms with Gasteiger partial charge in [-0.1, -0.05) is 41.4 Å². The summed E-state index contributed by atoms with van der Waals surface area (Å²) < 4.78 is 0. The van der Waals surface area contributed by atoms with E-state index in [1.54, 1.807) is 0 Å². The van der Waals surface area contributed by atoms with E-state index < -0.39 is 0 Å². The zero-order chi connectivity index (χ0) is 6.24. The normalized spacial score (nSPS) is 10.8. The summed E-state index contributed by atoms with van der Waals surface area (Å²) in [6, 6.07) is 0. The first kappa shape index (κ1) is 8.22. The first-order chi connectivity index (χ1) is 3.91. The topological polar surface area (TPSA) is 0 Å². The predicted octanol–water partition coefficient (Wildman–Crippen LogP) is 3.13. The van der Waals surface area contributed by atoms with Crippen LogP contribution in [0.15, 0.2) is 12.2 Å². The molecule has 0 atom stereocenters. The van der Waals surface area contributed by atoms with E-state index >= 15 is 0 Å². The molecule has 0 bridgehead atoms. The van der Waals surface area contributed by atoms with Crippen LogP contribution in [-0.2, 0) is 0 Å². The van der Waals surface area contributed by atoms with E-state index in [0.717, 1.165) is 5.33 Å². The van der Waals surface area contributed by atoms with Crippen LogP contribution in [0.4, 0.5) is 0 Å². The molecule has 0 fully saturated rings. The molecule has 0 aliphatic heterocycles. The van der Waals surface area contributed by atoms with Crippen molar-refractivity contribution in [1.82, 2.24) is 0 Å². The Balaban J connectivity index is 2.83. The van der Waals surface area contributed by atoms with Gasteiger partial charge in [0.25, 0.3) is 0 Å². The van der Waals surface area contributed by atoms with Gasteiger partial charge in [-0.3, -0.25) is 0 Å². The van der Waals surface area contributed by atoms with Crippen molar-refractivity contribution >= 4 is 15.9 Å². The highest BCUT2D eigenvalue weighted by atomic mass is 79.9. The van der Waals surface area contributed by atoms with Crippen LogP contribution < -0.4 is 0 Å². The number of hydrogen-bond acceptors (Lipinski definition) is 0. The predicted molar refractivity (Wildman–Crippen MR) is 42.5 cm³/mol. The molecular formula is C7H13Br. The molecule has 0 spiro atoms. The summed E-state index contributed by atoms with van der Waals surface area (Å²) in [6.07, 6.45) is 8.12. The number of rotatable bonds is 4. The molecule has 0 nitrogen and oxygen atoms in total. The molecule has 0 saturated carbocycles. The van der Waals surface area contributed by atoms with Crippen LogP contribution in [0.3, 0.4) is 0 Å². The fourth-order valence-electron chi connectivity index (χ4n) is 0.465. The van der Waals surface area contributed by atoms with Gasteiger partial charge >= 0.3 is 0 Å². The van der Waals surface area contributed by atoms with Gasteiger partial charge in [0, 0.05) is 5.33 Å². The van der Waals surface area contributed by atoms with Gasteiger partial charge in [0.1, 0.15) is 0 Å². The second kappa shape index (κ2) is 7.22. The lowest BCUT2D eigenvalue weighted by molar-refractivity contribution is 0.952. The molecule has 0 N–H and O–H groups in total. The highest BCUT2D eigenvalue weighted by Gasteiger charge is 1.73. The Labute approximate surface area is 60.1 Å². The fourth-order valence-corrected chi connectivity index (χ4v) is 0.730. The minimum Gasteiger partial charge on any atom is -0.0925 e. The fraction of sp³-hybridized carbons (Fsp3) is 0.714. The summed E-state index contributed by atoms with van der Waals surface area (Å²) >= 11 is 3.35. The van der Waals surface area contributed by atoms with E-state index in [2.05, 4.69) is 35.0 Å². The molecule has 0 heterocycles. The summed E-state index contributed by atoms with van der Waals surface area (Å²) in [6.45, 7) is 2.19. The molecule has 0 amide bonds. The molecule has 0 saturated heterocycles. The average Bonchev–Trinajstić information content (AvgIpc) is 1.81. The number of unbranched alkanes of at least 4 members (excludes halogenated alkanes) is 1. The van der Waals surface area contributed by atoms with Gasteiger partial charge in [-0.05, 0) is 12.8 Å². The smallest absolute Gasteiger partial charge is 0.00659 e. The quantitative estimate of drug-likeness (QED) is 0.457. The molecule has 0 aliphatic carbocycles. The van der Waals surface area contributed by atoms with Gasteiger partial charge in [0.15, 0.2) is 0 Å². The van der Waals surface area contributed by atoms with Gasteiger partial charge in [-0.15, -0.1) is 0 Å². The Morgan fingerprint density at radius 2 is 1.88 bits per heavy atom. The second-order valence-electron chi connectivity index (χ2n) is 1.74. The van der Waals surface area contributed by atoms with Crippen LogP contribution in [0.1, 0.15) is 26.2 Å². The third-order valence-corrected chi connectivity index (χ3v) is 1.36. The molecule has 0 aliphatic rings. The van der Waals surface area contributed by atoms with Gasteiger partial charge < -0.3 is 0 Å². The van der Waals surface area contributed by atoms with Crippen LogP contribution in [0.5, 0.6) is 0 Å². The highest BCUT2D eigenvalue weighted by Crippen LogP contribution is 1.93. The van der Waals surface area contributed by atoms with Crippen LogP contribution in [0.2, 0.25) is 0 Å². The highest BCUT2D eigenvalue weighted by molar-refractivity contribution is 9.09. The number of alkyl halides is 1. The monoisotopic (exact) mass is 176 g/mol. The van der Waals surface area contributed by atoms with E-state index in [1.807, 2.05) is 0 Å². The Kier molecular flexibility index (Phi) is 7.42. The van der Waals surface area contributed by atoms with Crippen molar-refractivity contribution in [3.05, 3.63) is 12.2 Å². The first-order valence-corrected chi connectivity index (χ1v) is 4.25. The zero-order valence-electron chi connectivity index (χ0n) is 5.36. The average molecular weight is 177 g/mol. The van der Waals surface area contributed by atoms with Gasteiger partial charge in [-0.25, -0.2) is 0 Å². The lowest BCUT2D eigenvalue weighted by Gasteiger charge is -1.82. The van der Waals surface area contributed by atoms with Crippen molar-refractivity contribution in [2.45, 2.75) is 26.2 Å². The summed E-state index contributed by atoms with van der Waals surface area (Å²) in [5, 5.41) is 1.09. The van der Waals surface area contributed by atoms with E-state index in [9.17, 15) is 0 Å². The van der Waals surface area contributed by atoms with Crippen LogP contribution in [-0.4, -0.2) is 5.33 Å². The van der Waals surface area contributed by atoms with E-state index in [0.29, 0.717) is 0 Å². The van der Waals surface area contributed by atoms with Crippen LogP contribution >= 0.6 is 15.9 Å². The number of hydrogen-bond donors (Lipinski definition) is 0. The van der Waals surface area contributed by atoms with Crippen molar-refractivity contribution in [1.29, 1.82) is 0 Å². The molecule has 0 rings (SSSR count). The third kappa shape index (κ3) is 6.22. The zero-order valence-corrected chi connectivity index (χ0v) is 6.95. The lowest BCUT2D eigenvalue weighted by atomic mass is 10.3. The number of allylic oxidation sites excluding steroid dienone is 2. The molecule has 0 aromatic rings. The van der Waals surface area contributed by atoms with Crippen molar-refractivity contribution < 1.29 is 0 Å². The largest absolute Gasteiger partial charge is 0.0925 e. The Morgan fingerprint density at radius 3 is 2.38 bits per heavy atom. The molecule has 0 aromatic heterocycles. The van der Waals surface area contributed by atoms with Crippen molar-refractivity contribution in [3.63, 3.8) is 0 Å². The lowest BCUT2D eigenvalue weighted by Crippen LogP contribution is -1.65. The number of halogens is 1. The van der Waals surface area contributed by atoms with E-state index in [-0.39, 0.29) is 0 Å². The third-order valence-electron chi connectivity index (χ3n) is 0.898. The summed E-state index contributed by atoms with van der Waals surface area (Å²) in [4.78, 5) is 0. The molecule has 0 unspecified atom stereocenters. The maximum absolute atomic E-state index is 3.35.